The molecule has 0 heterocycles. The summed E-state index contributed by atoms with van der Waals surface area (Å²) in [7, 11) is 0. The van der Waals surface area contributed by atoms with Crippen molar-refractivity contribution in [1.82, 2.24) is 0 Å². The van der Waals surface area contributed by atoms with Crippen LogP contribution in [0.3, 0.4) is 0 Å². The van der Waals surface area contributed by atoms with Gasteiger partial charge in [-0.3, -0.25) is 4.79 Å². The Morgan fingerprint density at radius 3 is 2.86 bits per heavy atom. The third kappa shape index (κ3) is 1.15. The van der Waals surface area contributed by atoms with E-state index in [1.165, 1.54) is 0 Å². The van der Waals surface area contributed by atoms with Crippen LogP contribution >= 0.6 is 0 Å². The first-order valence-electron chi connectivity index (χ1n) is 4.58. The van der Waals surface area contributed by atoms with Gasteiger partial charge in [0.05, 0.1) is 5.92 Å². The second kappa shape index (κ2) is 3.30. The van der Waals surface area contributed by atoms with Crippen LogP contribution in [0.2, 0.25) is 0 Å². The minimum atomic E-state index is -0.443. The fourth-order valence-corrected chi connectivity index (χ4v) is 2.50. The average molecular weight is 190 g/mol. The van der Waals surface area contributed by atoms with Crippen LogP contribution in [0.15, 0.2) is 12.2 Å². The lowest BCUT2D eigenvalue weighted by Gasteiger charge is -2.20. The number of carbonyl (C=O) groups is 2. The van der Waals surface area contributed by atoms with Gasteiger partial charge in [-0.15, -0.1) is 0 Å². The molecule has 4 unspecified atom stereocenters. The second-order valence-electron chi connectivity index (χ2n) is 3.73. The molecule has 1 fully saturated rings. The molecule has 3 nitrogen and oxygen atoms in total. The third-order valence-corrected chi connectivity index (χ3v) is 3.11. The number of ether oxygens (including phenoxy) is 1. The molecule has 2 aliphatic rings. The van der Waals surface area contributed by atoms with Crippen molar-refractivity contribution in [1.29, 1.82) is 0 Å². The van der Waals surface area contributed by atoms with Gasteiger partial charge < -0.3 is 9.53 Å². The van der Waals surface area contributed by atoms with Crippen LogP contribution in [-0.4, -0.2) is 12.3 Å². The molecule has 0 aliphatic heterocycles. The van der Waals surface area contributed by atoms with E-state index in [4.69, 9.17) is 6.42 Å². The number of carbonyl (C=O) groups excluding carboxylic acids is 2. The first-order chi connectivity index (χ1) is 6.77. The second-order valence-corrected chi connectivity index (χ2v) is 3.73. The maximum atomic E-state index is 11.4. The quantitative estimate of drug-likeness (QED) is 0.279. The number of hydrogen-bond donors (Lipinski definition) is 0. The molecule has 0 saturated heterocycles. The molecule has 0 spiro atoms. The van der Waals surface area contributed by atoms with E-state index < -0.39 is 5.97 Å². The summed E-state index contributed by atoms with van der Waals surface area (Å²) in [6.07, 6.45) is 12.4. The normalized spacial score (nSPS) is 37.9. The highest BCUT2D eigenvalue weighted by Crippen LogP contribution is 2.47. The fourth-order valence-electron chi connectivity index (χ4n) is 2.50. The van der Waals surface area contributed by atoms with Crippen molar-refractivity contribution < 1.29 is 14.3 Å². The number of fused-ring (bicyclic) bond motifs is 2. The molecule has 3 heteroatoms. The van der Waals surface area contributed by atoms with Gasteiger partial charge in [-0.05, 0) is 18.3 Å². The van der Waals surface area contributed by atoms with Crippen molar-refractivity contribution in [2.45, 2.75) is 6.42 Å². The topological polar surface area (TPSA) is 43.4 Å². The first kappa shape index (κ1) is 9.01. The highest BCUT2D eigenvalue weighted by Gasteiger charge is 2.48. The molecule has 0 aromatic carbocycles. The number of esters is 1. The van der Waals surface area contributed by atoms with Gasteiger partial charge in [0.25, 0.3) is 0 Å². The van der Waals surface area contributed by atoms with Gasteiger partial charge in [0.15, 0.2) is 0 Å². The summed E-state index contributed by atoms with van der Waals surface area (Å²) in [6, 6.07) is 0. The molecular formula is C11H10O3. The molecule has 4 atom stereocenters. The van der Waals surface area contributed by atoms with Crippen LogP contribution in [0.5, 0.6) is 0 Å². The third-order valence-electron chi connectivity index (χ3n) is 3.11. The molecule has 0 aromatic heterocycles. The van der Waals surface area contributed by atoms with Gasteiger partial charge in [0.1, 0.15) is 12.4 Å². The molecule has 2 bridgehead atoms. The SMILES string of the molecule is C#COC(=O)C1C2C=CC(C2)C1C=O. The smallest absolute Gasteiger partial charge is 0.324 e. The first-order valence-corrected chi connectivity index (χ1v) is 4.58. The van der Waals surface area contributed by atoms with E-state index in [1.807, 2.05) is 18.3 Å². The maximum Gasteiger partial charge on any atom is 0.324 e. The number of rotatable bonds is 2. The molecule has 0 amide bonds. The van der Waals surface area contributed by atoms with Crippen LogP contribution in [-0.2, 0) is 14.3 Å². The molecule has 0 aromatic rings. The number of allylic oxidation sites excluding steroid dienone is 2. The predicted octanol–water partition coefficient (Wildman–Crippen LogP) is 0.758. The molecule has 2 aliphatic carbocycles. The van der Waals surface area contributed by atoms with Crippen molar-refractivity contribution in [2.24, 2.45) is 23.7 Å². The van der Waals surface area contributed by atoms with Gasteiger partial charge in [-0.2, -0.15) is 0 Å². The van der Waals surface area contributed by atoms with Gasteiger partial charge in [0, 0.05) is 5.92 Å². The zero-order chi connectivity index (χ0) is 10.1. The summed E-state index contributed by atoms with van der Waals surface area (Å²) < 4.78 is 4.51. The van der Waals surface area contributed by atoms with E-state index in [-0.39, 0.29) is 23.7 Å². The van der Waals surface area contributed by atoms with Crippen LogP contribution in [0, 0.1) is 36.2 Å². The van der Waals surface area contributed by atoms with Gasteiger partial charge in [-0.1, -0.05) is 18.6 Å². The molecular weight excluding hydrogens is 180 g/mol. The minimum absolute atomic E-state index is 0.135. The largest absolute Gasteiger partial charge is 0.372 e. The van der Waals surface area contributed by atoms with E-state index in [1.54, 1.807) is 0 Å². The monoisotopic (exact) mass is 190 g/mol. The van der Waals surface area contributed by atoms with E-state index >= 15 is 0 Å². The summed E-state index contributed by atoms with van der Waals surface area (Å²) in [4.78, 5) is 22.3. The average Bonchev–Trinajstić information content (AvgIpc) is 2.76. The van der Waals surface area contributed by atoms with Crippen molar-refractivity contribution in [3.8, 4) is 12.5 Å². The fraction of sp³-hybridized carbons (Fsp3) is 0.455. The molecule has 2 rings (SSSR count). The van der Waals surface area contributed by atoms with Crippen molar-refractivity contribution in [3.05, 3.63) is 12.2 Å². The summed E-state index contributed by atoms with van der Waals surface area (Å²) >= 11 is 0. The predicted molar refractivity (Wildman–Crippen MR) is 48.7 cm³/mol. The van der Waals surface area contributed by atoms with Crippen molar-refractivity contribution in [3.63, 3.8) is 0 Å². The summed E-state index contributed by atoms with van der Waals surface area (Å²) in [5.74, 6) is -0.713. The minimum Gasteiger partial charge on any atom is -0.372 e. The zero-order valence-electron chi connectivity index (χ0n) is 7.55. The molecule has 72 valence electrons. The summed E-state index contributed by atoms with van der Waals surface area (Å²) in [5.41, 5.74) is 0. The maximum absolute atomic E-state index is 11.4. The highest BCUT2D eigenvalue weighted by molar-refractivity contribution is 5.79. The number of hydrogen-bond acceptors (Lipinski definition) is 3. The van der Waals surface area contributed by atoms with Crippen LogP contribution in [0.1, 0.15) is 6.42 Å². The Kier molecular flexibility index (Phi) is 2.12. The lowest BCUT2D eigenvalue weighted by atomic mass is 9.84. The Morgan fingerprint density at radius 1 is 1.50 bits per heavy atom. The van der Waals surface area contributed by atoms with Gasteiger partial charge in [0.2, 0.25) is 0 Å². The van der Waals surface area contributed by atoms with Crippen LogP contribution in [0.4, 0.5) is 0 Å². The lowest BCUT2D eigenvalue weighted by molar-refractivity contribution is -0.145. The van der Waals surface area contributed by atoms with Crippen molar-refractivity contribution >= 4 is 12.3 Å². The zero-order valence-corrected chi connectivity index (χ0v) is 7.55. The Balaban J connectivity index is 2.19. The molecule has 0 N–H and O–H groups in total. The number of aldehydes is 1. The Morgan fingerprint density at radius 2 is 2.21 bits per heavy atom. The van der Waals surface area contributed by atoms with Gasteiger partial charge in [-0.25, -0.2) is 0 Å². The lowest BCUT2D eigenvalue weighted by Crippen LogP contribution is -2.29. The van der Waals surface area contributed by atoms with E-state index in [0.717, 1.165) is 12.7 Å². The Bertz CT molecular complexity index is 337. The van der Waals surface area contributed by atoms with Gasteiger partial charge >= 0.3 is 5.97 Å². The Hall–Kier alpha value is -1.56. The van der Waals surface area contributed by atoms with E-state index in [9.17, 15) is 9.59 Å². The highest BCUT2D eigenvalue weighted by atomic mass is 16.5. The van der Waals surface area contributed by atoms with E-state index in [0.29, 0.717) is 0 Å². The van der Waals surface area contributed by atoms with Crippen LogP contribution in [0.25, 0.3) is 0 Å². The summed E-state index contributed by atoms with van der Waals surface area (Å²) in [6.45, 7) is 0. The standard InChI is InChI=1S/C11H10O3/c1-2-14-11(13)10-8-4-3-7(5-8)9(10)6-12/h1,3-4,6-10H,5H2. The summed E-state index contributed by atoms with van der Waals surface area (Å²) in [5, 5.41) is 0. The Labute approximate surface area is 82.1 Å². The van der Waals surface area contributed by atoms with Crippen LogP contribution < -0.4 is 0 Å². The molecule has 14 heavy (non-hydrogen) atoms. The molecule has 0 radical (unpaired) electrons. The molecule has 1 saturated carbocycles. The number of terminal acetylenes is 1. The van der Waals surface area contributed by atoms with E-state index in [2.05, 4.69) is 4.74 Å². The van der Waals surface area contributed by atoms with Crippen molar-refractivity contribution in [2.75, 3.05) is 0 Å².